The SMILES string of the molecule is C[C@@H](NC1CCCc2cc(O)ccc21)c1ccco1. The quantitative estimate of drug-likeness (QED) is 0.881. The normalized spacial score (nSPS) is 19.9. The van der Waals surface area contributed by atoms with Crippen molar-refractivity contribution in [1.29, 1.82) is 0 Å². The summed E-state index contributed by atoms with van der Waals surface area (Å²) in [6, 6.07) is 10.1. The van der Waals surface area contributed by atoms with Gasteiger partial charge in [0, 0.05) is 6.04 Å². The van der Waals surface area contributed by atoms with Gasteiger partial charge in [0.25, 0.3) is 0 Å². The zero-order valence-electron chi connectivity index (χ0n) is 11.1. The number of phenols is 1. The summed E-state index contributed by atoms with van der Waals surface area (Å²) >= 11 is 0. The van der Waals surface area contributed by atoms with Crippen molar-refractivity contribution in [3.8, 4) is 5.75 Å². The van der Waals surface area contributed by atoms with E-state index in [1.807, 2.05) is 24.3 Å². The molecule has 1 heterocycles. The van der Waals surface area contributed by atoms with Crippen LogP contribution in [0.15, 0.2) is 41.0 Å². The molecule has 0 saturated heterocycles. The molecule has 1 unspecified atom stereocenters. The van der Waals surface area contributed by atoms with Crippen LogP contribution in [-0.4, -0.2) is 5.11 Å². The average molecular weight is 257 g/mol. The maximum atomic E-state index is 9.57. The van der Waals surface area contributed by atoms with E-state index in [1.54, 1.807) is 12.3 Å². The standard InChI is InChI=1S/C16H19NO2/c1-11(16-6-3-9-19-16)17-15-5-2-4-12-10-13(18)7-8-14(12)15/h3,6-11,15,17-18H,2,4-5H2,1H3/t11-,15?/m1/s1. The zero-order valence-corrected chi connectivity index (χ0v) is 11.1. The molecule has 3 rings (SSSR count). The van der Waals surface area contributed by atoms with E-state index in [2.05, 4.69) is 12.2 Å². The number of furan rings is 1. The third-order valence-electron chi connectivity index (χ3n) is 3.86. The van der Waals surface area contributed by atoms with Gasteiger partial charge < -0.3 is 14.8 Å². The van der Waals surface area contributed by atoms with Crippen LogP contribution in [0.3, 0.4) is 0 Å². The number of nitrogens with one attached hydrogen (secondary N) is 1. The Morgan fingerprint density at radius 1 is 1.37 bits per heavy atom. The van der Waals surface area contributed by atoms with Gasteiger partial charge in [-0.25, -0.2) is 0 Å². The van der Waals surface area contributed by atoms with Gasteiger partial charge in [0.15, 0.2) is 0 Å². The molecule has 0 saturated carbocycles. The largest absolute Gasteiger partial charge is 0.508 e. The smallest absolute Gasteiger partial charge is 0.120 e. The Labute approximate surface area is 113 Å². The summed E-state index contributed by atoms with van der Waals surface area (Å²) in [7, 11) is 0. The lowest BCUT2D eigenvalue weighted by atomic mass is 9.87. The molecule has 2 atom stereocenters. The van der Waals surface area contributed by atoms with Gasteiger partial charge in [-0.05, 0) is 61.6 Å². The van der Waals surface area contributed by atoms with E-state index in [9.17, 15) is 5.11 Å². The minimum atomic E-state index is 0.194. The first kappa shape index (κ1) is 12.3. The molecule has 1 aromatic carbocycles. The predicted octanol–water partition coefficient (Wildman–Crippen LogP) is 3.71. The lowest BCUT2D eigenvalue weighted by Crippen LogP contribution is -2.27. The highest BCUT2D eigenvalue weighted by molar-refractivity contribution is 5.38. The highest BCUT2D eigenvalue weighted by Gasteiger charge is 2.22. The number of aromatic hydroxyl groups is 1. The Morgan fingerprint density at radius 3 is 3.05 bits per heavy atom. The fourth-order valence-electron chi connectivity index (χ4n) is 2.90. The predicted molar refractivity (Wildman–Crippen MR) is 74.0 cm³/mol. The van der Waals surface area contributed by atoms with Crippen LogP contribution in [0.25, 0.3) is 0 Å². The van der Waals surface area contributed by atoms with Crippen LogP contribution < -0.4 is 5.32 Å². The number of phenolic OH excluding ortho intramolecular Hbond substituents is 1. The van der Waals surface area contributed by atoms with E-state index >= 15 is 0 Å². The molecule has 100 valence electrons. The molecule has 1 aliphatic rings. The molecule has 1 aliphatic carbocycles. The maximum absolute atomic E-state index is 9.57. The molecule has 2 aromatic rings. The molecule has 19 heavy (non-hydrogen) atoms. The molecular formula is C16H19NO2. The Kier molecular flexibility index (Phi) is 3.30. The van der Waals surface area contributed by atoms with Crippen molar-refractivity contribution in [2.45, 2.75) is 38.3 Å². The summed E-state index contributed by atoms with van der Waals surface area (Å²) in [4.78, 5) is 0. The van der Waals surface area contributed by atoms with E-state index < -0.39 is 0 Å². The van der Waals surface area contributed by atoms with Gasteiger partial charge in [-0.3, -0.25) is 0 Å². The molecule has 2 N–H and O–H groups in total. The Hall–Kier alpha value is -1.74. The monoisotopic (exact) mass is 257 g/mol. The molecule has 0 amide bonds. The van der Waals surface area contributed by atoms with Gasteiger partial charge in [0.05, 0.1) is 12.3 Å². The molecule has 0 radical (unpaired) electrons. The summed E-state index contributed by atoms with van der Waals surface area (Å²) in [5.41, 5.74) is 2.57. The third-order valence-corrected chi connectivity index (χ3v) is 3.86. The van der Waals surface area contributed by atoms with Crippen LogP contribution in [0.1, 0.15) is 48.7 Å². The fourth-order valence-corrected chi connectivity index (χ4v) is 2.90. The first-order chi connectivity index (χ1) is 9.24. The van der Waals surface area contributed by atoms with Gasteiger partial charge >= 0.3 is 0 Å². The fraction of sp³-hybridized carbons (Fsp3) is 0.375. The topological polar surface area (TPSA) is 45.4 Å². The molecule has 0 bridgehead atoms. The first-order valence-corrected chi connectivity index (χ1v) is 6.85. The maximum Gasteiger partial charge on any atom is 0.120 e. The van der Waals surface area contributed by atoms with E-state index in [0.717, 1.165) is 25.0 Å². The second kappa shape index (κ2) is 5.10. The number of aryl methyl sites for hydroxylation is 1. The highest BCUT2D eigenvalue weighted by Crippen LogP contribution is 2.33. The third kappa shape index (κ3) is 2.51. The van der Waals surface area contributed by atoms with Crippen LogP contribution in [0.4, 0.5) is 0 Å². The minimum Gasteiger partial charge on any atom is -0.508 e. The summed E-state index contributed by atoms with van der Waals surface area (Å²) in [5.74, 6) is 1.32. The summed E-state index contributed by atoms with van der Waals surface area (Å²) in [6.07, 6.45) is 5.04. The molecule has 3 nitrogen and oxygen atoms in total. The second-order valence-electron chi connectivity index (χ2n) is 5.23. The summed E-state index contributed by atoms with van der Waals surface area (Å²) in [6.45, 7) is 2.12. The van der Waals surface area contributed by atoms with Crippen molar-refractivity contribution in [1.82, 2.24) is 5.32 Å². The van der Waals surface area contributed by atoms with Crippen LogP contribution >= 0.6 is 0 Å². The van der Waals surface area contributed by atoms with Gasteiger partial charge in [-0.15, -0.1) is 0 Å². The van der Waals surface area contributed by atoms with E-state index in [-0.39, 0.29) is 6.04 Å². The number of hydrogen-bond donors (Lipinski definition) is 2. The molecule has 0 spiro atoms. The second-order valence-corrected chi connectivity index (χ2v) is 5.23. The number of hydrogen-bond acceptors (Lipinski definition) is 3. The van der Waals surface area contributed by atoms with Crippen molar-refractivity contribution >= 4 is 0 Å². The van der Waals surface area contributed by atoms with Gasteiger partial charge in [-0.1, -0.05) is 6.07 Å². The van der Waals surface area contributed by atoms with Crippen molar-refractivity contribution in [3.63, 3.8) is 0 Å². The lowest BCUT2D eigenvalue weighted by Gasteiger charge is -2.28. The van der Waals surface area contributed by atoms with E-state index in [0.29, 0.717) is 11.8 Å². The Morgan fingerprint density at radius 2 is 2.26 bits per heavy atom. The first-order valence-electron chi connectivity index (χ1n) is 6.85. The summed E-state index contributed by atoms with van der Waals surface area (Å²) < 4.78 is 5.44. The lowest BCUT2D eigenvalue weighted by molar-refractivity contribution is 0.366. The number of benzene rings is 1. The van der Waals surface area contributed by atoms with Crippen LogP contribution in [-0.2, 0) is 6.42 Å². The molecule has 0 aliphatic heterocycles. The van der Waals surface area contributed by atoms with Crippen LogP contribution in [0, 0.1) is 0 Å². The van der Waals surface area contributed by atoms with E-state index in [1.165, 1.54) is 11.1 Å². The molecule has 3 heteroatoms. The van der Waals surface area contributed by atoms with Gasteiger partial charge in [0.2, 0.25) is 0 Å². The van der Waals surface area contributed by atoms with Crippen molar-refractivity contribution in [2.75, 3.05) is 0 Å². The van der Waals surface area contributed by atoms with Crippen LogP contribution in [0.5, 0.6) is 5.75 Å². The van der Waals surface area contributed by atoms with E-state index in [4.69, 9.17) is 4.42 Å². The number of fused-ring (bicyclic) bond motifs is 1. The van der Waals surface area contributed by atoms with Crippen molar-refractivity contribution in [3.05, 3.63) is 53.5 Å². The van der Waals surface area contributed by atoms with Gasteiger partial charge in [0.1, 0.15) is 11.5 Å². The highest BCUT2D eigenvalue weighted by atomic mass is 16.3. The molecular weight excluding hydrogens is 238 g/mol. The Bertz CT molecular complexity index is 548. The number of rotatable bonds is 3. The summed E-state index contributed by atoms with van der Waals surface area (Å²) in [5, 5.41) is 13.2. The minimum absolute atomic E-state index is 0.194. The Balaban J connectivity index is 1.80. The molecule has 1 aromatic heterocycles. The van der Waals surface area contributed by atoms with Crippen molar-refractivity contribution in [2.24, 2.45) is 0 Å². The average Bonchev–Trinajstić information content (AvgIpc) is 2.92. The van der Waals surface area contributed by atoms with Gasteiger partial charge in [-0.2, -0.15) is 0 Å². The zero-order chi connectivity index (χ0) is 13.2. The molecule has 0 fully saturated rings. The van der Waals surface area contributed by atoms with Crippen molar-refractivity contribution < 1.29 is 9.52 Å². The van der Waals surface area contributed by atoms with Crippen LogP contribution in [0.2, 0.25) is 0 Å².